The van der Waals surface area contributed by atoms with Gasteiger partial charge in [0.25, 0.3) is 11.6 Å². The molecule has 0 amide bonds. The smallest absolute Gasteiger partial charge is 0.315 e. The molecule has 0 bridgehead atoms. The van der Waals surface area contributed by atoms with E-state index in [9.17, 15) is 18.4 Å². The fraction of sp³-hybridized carbons (Fsp3) is 0.417. The largest absolute Gasteiger partial charge is 0.332 e. The van der Waals surface area contributed by atoms with Crippen LogP contribution in [0.1, 0.15) is 6.92 Å². The molecule has 0 N–H and O–H groups in total. The fourth-order valence-corrected chi connectivity index (χ4v) is 2.75. The molecule has 114 valence electrons. The zero-order valence-electron chi connectivity index (χ0n) is 11.8. The summed E-state index contributed by atoms with van der Waals surface area (Å²) >= 11 is 1.24. The minimum atomic E-state index is -1.68. The summed E-state index contributed by atoms with van der Waals surface area (Å²) in [5.41, 5.74) is -0.328. The second kappa shape index (κ2) is 5.84. The maximum absolute atomic E-state index is 12.3. The van der Waals surface area contributed by atoms with E-state index in [4.69, 9.17) is 0 Å². The average Bonchev–Trinajstić information content (AvgIpc) is 2.86. The van der Waals surface area contributed by atoms with E-state index in [2.05, 4.69) is 4.98 Å². The van der Waals surface area contributed by atoms with E-state index in [1.54, 1.807) is 4.57 Å². The van der Waals surface area contributed by atoms with Crippen molar-refractivity contribution in [3.05, 3.63) is 38.8 Å². The Labute approximate surface area is 122 Å². The number of halogens is 2. The second-order valence-electron chi connectivity index (χ2n) is 4.61. The van der Waals surface area contributed by atoms with Crippen LogP contribution < -0.4 is 11.2 Å². The normalized spacial score (nSPS) is 11.1. The highest BCUT2D eigenvalue weighted by molar-refractivity contribution is 7.98. The highest BCUT2D eigenvalue weighted by Crippen LogP contribution is 2.17. The summed E-state index contributed by atoms with van der Waals surface area (Å²) < 4.78 is 28.5. The van der Waals surface area contributed by atoms with Crippen LogP contribution in [0, 0.1) is 0 Å². The number of fused-ring (bicyclic) bond motifs is 1. The topological polar surface area (TPSA) is 61.8 Å². The number of aromatic nitrogens is 4. The molecule has 0 atom stereocenters. The van der Waals surface area contributed by atoms with Crippen LogP contribution in [0.15, 0.2) is 27.6 Å². The van der Waals surface area contributed by atoms with Crippen molar-refractivity contribution in [3.8, 4) is 0 Å². The molecule has 0 aliphatic carbocycles. The molecule has 0 radical (unpaired) electrons. The predicted octanol–water partition coefficient (Wildman–Crippen LogP) is 1.29. The summed E-state index contributed by atoms with van der Waals surface area (Å²) in [5.74, 6) is 0.461. The zero-order chi connectivity index (χ0) is 15.7. The molecule has 9 heteroatoms. The Hall–Kier alpha value is -1.90. The second-order valence-corrected chi connectivity index (χ2v) is 5.57. The van der Waals surface area contributed by atoms with Crippen molar-refractivity contribution in [3.63, 3.8) is 0 Å². The van der Waals surface area contributed by atoms with E-state index in [-0.39, 0.29) is 22.5 Å². The molecular formula is C12H14F2N4O2S. The summed E-state index contributed by atoms with van der Waals surface area (Å²) in [5, 5.41) is 0. The van der Waals surface area contributed by atoms with Crippen LogP contribution in [0.25, 0.3) is 11.2 Å². The summed E-state index contributed by atoms with van der Waals surface area (Å²) in [6, 6.07) is 0. The highest BCUT2D eigenvalue weighted by Gasteiger charge is 2.14. The molecule has 0 aliphatic heterocycles. The van der Waals surface area contributed by atoms with E-state index in [1.807, 2.05) is 0 Å². The summed E-state index contributed by atoms with van der Waals surface area (Å²) in [7, 11) is 2.92. The van der Waals surface area contributed by atoms with Crippen LogP contribution in [-0.4, -0.2) is 24.4 Å². The number of imidazole rings is 1. The van der Waals surface area contributed by atoms with Gasteiger partial charge in [-0.25, -0.2) is 9.78 Å². The number of rotatable bonds is 4. The Morgan fingerprint density at radius 2 is 1.95 bits per heavy atom. The van der Waals surface area contributed by atoms with Gasteiger partial charge in [0.1, 0.15) is 0 Å². The lowest BCUT2D eigenvalue weighted by atomic mass is 10.4. The Morgan fingerprint density at radius 3 is 2.57 bits per heavy atom. The Kier molecular flexibility index (Phi) is 4.31. The van der Waals surface area contributed by atoms with Crippen LogP contribution in [0.2, 0.25) is 0 Å². The molecule has 0 aliphatic rings. The van der Waals surface area contributed by atoms with Crippen molar-refractivity contribution in [2.24, 2.45) is 14.1 Å². The van der Waals surface area contributed by atoms with Crippen LogP contribution in [0.5, 0.6) is 0 Å². The van der Waals surface area contributed by atoms with Crippen molar-refractivity contribution in [1.29, 1.82) is 0 Å². The standard InChI is InChI=1S/C12H14F2N4O2S/c1-7(9(13)14)4-21-6-18-5-15-10-8(18)11(19)17(3)12(20)16(10)2/h5H,4,6H2,1-3H3. The predicted molar refractivity (Wildman–Crippen MR) is 77.6 cm³/mol. The number of hydrogen-bond acceptors (Lipinski definition) is 4. The van der Waals surface area contributed by atoms with Gasteiger partial charge in [-0.3, -0.25) is 13.9 Å². The Morgan fingerprint density at radius 1 is 1.29 bits per heavy atom. The van der Waals surface area contributed by atoms with Gasteiger partial charge in [-0.1, -0.05) is 0 Å². The van der Waals surface area contributed by atoms with Gasteiger partial charge in [0.2, 0.25) is 0 Å². The van der Waals surface area contributed by atoms with Gasteiger partial charge in [0.15, 0.2) is 11.2 Å². The quantitative estimate of drug-likeness (QED) is 0.853. The maximum atomic E-state index is 12.3. The van der Waals surface area contributed by atoms with E-state index >= 15 is 0 Å². The van der Waals surface area contributed by atoms with Gasteiger partial charge in [0.05, 0.1) is 12.2 Å². The summed E-state index contributed by atoms with van der Waals surface area (Å²) in [6.45, 7) is 1.36. The molecular weight excluding hydrogens is 302 g/mol. The lowest BCUT2D eigenvalue weighted by molar-refractivity contribution is 0.412. The van der Waals surface area contributed by atoms with E-state index in [0.717, 1.165) is 4.57 Å². The molecule has 0 fully saturated rings. The molecule has 21 heavy (non-hydrogen) atoms. The zero-order valence-corrected chi connectivity index (χ0v) is 12.6. The summed E-state index contributed by atoms with van der Waals surface area (Å²) in [6.07, 6.45) is -0.250. The Balaban J connectivity index is 2.37. The molecule has 0 unspecified atom stereocenters. The SMILES string of the molecule is CC(CSCn1cnc2c1c(=O)n(C)c(=O)n2C)=C(F)F. The lowest BCUT2D eigenvalue weighted by Crippen LogP contribution is -2.37. The van der Waals surface area contributed by atoms with Gasteiger partial charge in [-0.2, -0.15) is 8.78 Å². The van der Waals surface area contributed by atoms with Gasteiger partial charge < -0.3 is 4.57 Å². The van der Waals surface area contributed by atoms with E-state index in [0.29, 0.717) is 5.88 Å². The van der Waals surface area contributed by atoms with Gasteiger partial charge in [-0.15, -0.1) is 11.8 Å². The number of hydrogen-bond donors (Lipinski definition) is 0. The van der Waals surface area contributed by atoms with Crippen LogP contribution in [0.4, 0.5) is 8.78 Å². The molecule has 6 nitrogen and oxygen atoms in total. The number of nitrogens with zero attached hydrogens (tertiary/aromatic N) is 4. The molecule has 2 aromatic heterocycles. The van der Waals surface area contributed by atoms with Gasteiger partial charge >= 0.3 is 5.69 Å². The van der Waals surface area contributed by atoms with Gasteiger partial charge in [-0.05, 0) is 6.92 Å². The molecule has 0 spiro atoms. The first-order valence-corrected chi connectivity index (χ1v) is 7.19. The first kappa shape index (κ1) is 15.5. The minimum Gasteiger partial charge on any atom is -0.315 e. The molecule has 0 saturated heterocycles. The molecule has 0 aromatic carbocycles. The maximum Gasteiger partial charge on any atom is 0.332 e. The average molecular weight is 316 g/mol. The molecule has 2 heterocycles. The molecule has 2 rings (SSSR count). The number of aryl methyl sites for hydroxylation is 1. The van der Waals surface area contributed by atoms with Crippen molar-refractivity contribution >= 4 is 22.9 Å². The van der Waals surface area contributed by atoms with E-state index in [1.165, 1.54) is 43.7 Å². The van der Waals surface area contributed by atoms with E-state index < -0.39 is 17.3 Å². The Bertz CT molecular complexity index is 830. The minimum absolute atomic E-state index is 0.00437. The molecule has 2 aromatic rings. The third kappa shape index (κ3) is 2.78. The third-order valence-electron chi connectivity index (χ3n) is 3.09. The summed E-state index contributed by atoms with van der Waals surface area (Å²) in [4.78, 5) is 28.0. The van der Waals surface area contributed by atoms with Crippen molar-refractivity contribution in [1.82, 2.24) is 18.7 Å². The van der Waals surface area contributed by atoms with Crippen LogP contribution >= 0.6 is 11.8 Å². The lowest BCUT2D eigenvalue weighted by Gasteiger charge is -2.06. The van der Waals surface area contributed by atoms with Crippen molar-refractivity contribution < 1.29 is 8.78 Å². The number of thioether (sulfide) groups is 1. The van der Waals surface area contributed by atoms with Gasteiger partial charge in [0, 0.05) is 25.4 Å². The first-order chi connectivity index (χ1) is 9.84. The third-order valence-corrected chi connectivity index (χ3v) is 4.19. The highest BCUT2D eigenvalue weighted by atomic mass is 32.2. The van der Waals surface area contributed by atoms with Crippen molar-refractivity contribution in [2.45, 2.75) is 12.8 Å². The fourth-order valence-electron chi connectivity index (χ4n) is 1.85. The van der Waals surface area contributed by atoms with Crippen LogP contribution in [-0.2, 0) is 20.0 Å². The molecule has 0 saturated carbocycles. The first-order valence-electron chi connectivity index (χ1n) is 6.04. The monoisotopic (exact) mass is 316 g/mol. The van der Waals surface area contributed by atoms with Crippen molar-refractivity contribution in [2.75, 3.05) is 5.75 Å². The van der Waals surface area contributed by atoms with Crippen LogP contribution in [0.3, 0.4) is 0 Å².